The van der Waals surface area contributed by atoms with E-state index in [4.69, 9.17) is 0 Å². The highest BCUT2D eigenvalue weighted by molar-refractivity contribution is 7.89. The molecule has 0 radical (unpaired) electrons. The second-order valence-electron chi connectivity index (χ2n) is 11.0. The molecule has 3 heterocycles. The Morgan fingerprint density at radius 2 is 1.76 bits per heavy atom. The molecular weight excluding hydrogens is 558 g/mol. The molecule has 12 nitrogen and oxygen atoms in total. The molecule has 2 fully saturated rings. The fraction of sp³-hybridized carbons (Fsp3) is 0.448. The lowest BCUT2D eigenvalue weighted by Gasteiger charge is -2.25. The number of benzene rings is 1. The molecule has 42 heavy (non-hydrogen) atoms. The summed E-state index contributed by atoms with van der Waals surface area (Å²) in [5.74, 6) is -1.12. The highest BCUT2D eigenvalue weighted by atomic mass is 32.2. The fourth-order valence-electron chi connectivity index (χ4n) is 5.69. The number of carbonyl (C=O) groups excluding carboxylic acids is 3. The van der Waals surface area contributed by atoms with Crippen LogP contribution >= 0.6 is 0 Å². The van der Waals surface area contributed by atoms with Crippen LogP contribution in [0.3, 0.4) is 0 Å². The second kappa shape index (κ2) is 12.9. The average molecular weight is 594 g/mol. The van der Waals surface area contributed by atoms with Crippen LogP contribution in [0.25, 0.3) is 5.69 Å². The van der Waals surface area contributed by atoms with Crippen molar-refractivity contribution in [3.63, 3.8) is 0 Å². The Balaban J connectivity index is 1.31. The molecule has 0 bridgehead atoms. The van der Waals surface area contributed by atoms with Gasteiger partial charge in [0.2, 0.25) is 5.91 Å². The Labute approximate surface area is 244 Å². The van der Waals surface area contributed by atoms with E-state index in [9.17, 15) is 22.8 Å². The summed E-state index contributed by atoms with van der Waals surface area (Å²) in [5.41, 5.74) is 0.834. The summed E-state index contributed by atoms with van der Waals surface area (Å²) in [6, 6.07) is 11.4. The van der Waals surface area contributed by atoms with Gasteiger partial charge in [-0.1, -0.05) is 55.2 Å². The molecular formula is C29H35N7O5S. The summed E-state index contributed by atoms with van der Waals surface area (Å²) >= 11 is 0. The van der Waals surface area contributed by atoms with Gasteiger partial charge in [-0.25, -0.2) is 18.1 Å². The minimum Gasteiger partial charge on any atom is -0.344 e. The third-order valence-electron chi connectivity index (χ3n) is 8.04. The van der Waals surface area contributed by atoms with E-state index >= 15 is 0 Å². The van der Waals surface area contributed by atoms with Crippen molar-refractivity contribution in [1.82, 2.24) is 34.9 Å². The molecule has 2 N–H and O–H groups in total. The number of nitrogens with one attached hydrogen (secondary N) is 2. The van der Waals surface area contributed by atoms with E-state index < -0.39 is 45.7 Å². The van der Waals surface area contributed by atoms with E-state index in [-0.39, 0.29) is 29.6 Å². The summed E-state index contributed by atoms with van der Waals surface area (Å²) in [5, 5.41) is 13.5. The van der Waals surface area contributed by atoms with Crippen LogP contribution in [0, 0.1) is 5.92 Å². The van der Waals surface area contributed by atoms with Crippen molar-refractivity contribution >= 4 is 27.6 Å². The SMILES string of the molecule is C[C@@H]1CC[C@H](NC(=O)[C@H](CC2CCCC2)NC(=O)c2cnnn2-c2ccccc2)C(=O)CN1S(=O)(=O)c1ccccn1. The van der Waals surface area contributed by atoms with Gasteiger partial charge in [0.05, 0.1) is 24.5 Å². The highest BCUT2D eigenvalue weighted by Gasteiger charge is 2.38. The predicted molar refractivity (Wildman–Crippen MR) is 153 cm³/mol. The maximum absolute atomic E-state index is 13.6. The van der Waals surface area contributed by atoms with Crippen molar-refractivity contribution in [1.29, 1.82) is 0 Å². The number of nitrogens with zero attached hydrogens (tertiary/aromatic N) is 5. The van der Waals surface area contributed by atoms with Crippen LogP contribution < -0.4 is 10.6 Å². The van der Waals surface area contributed by atoms with E-state index in [1.807, 2.05) is 18.2 Å². The molecule has 1 aliphatic carbocycles. The van der Waals surface area contributed by atoms with Crippen molar-refractivity contribution in [3.8, 4) is 5.69 Å². The number of Topliss-reactive ketones (excluding diaryl/α,β-unsaturated/α-hetero) is 1. The Bertz CT molecular complexity index is 1510. The van der Waals surface area contributed by atoms with Gasteiger partial charge < -0.3 is 10.6 Å². The molecule has 13 heteroatoms. The van der Waals surface area contributed by atoms with Crippen LogP contribution in [0.5, 0.6) is 0 Å². The Morgan fingerprint density at radius 1 is 1.02 bits per heavy atom. The standard InChI is InChI=1S/C29H35N7O5S/c1-20-14-15-23(26(37)19-35(20)42(40,41)27-13-7-8-16-30-27)32-28(38)24(17-21-9-5-6-10-21)33-29(39)25-18-31-34-36(25)22-11-3-2-4-12-22/h2-4,7-8,11-13,16,18,20-21,23-24H,5-6,9-10,14-15,17,19H2,1H3,(H,32,38)(H,33,39)/t20-,23+,24+/m1/s1. The van der Waals surface area contributed by atoms with Gasteiger partial charge >= 0.3 is 0 Å². The van der Waals surface area contributed by atoms with Crippen LogP contribution in [-0.2, 0) is 19.6 Å². The first-order valence-electron chi connectivity index (χ1n) is 14.3. The van der Waals surface area contributed by atoms with Crippen molar-refractivity contribution in [2.24, 2.45) is 5.92 Å². The van der Waals surface area contributed by atoms with Gasteiger partial charge in [0.15, 0.2) is 16.5 Å². The maximum atomic E-state index is 13.6. The summed E-state index contributed by atoms with van der Waals surface area (Å²) in [6.07, 6.45) is 7.86. The van der Waals surface area contributed by atoms with E-state index in [2.05, 4.69) is 25.9 Å². The van der Waals surface area contributed by atoms with E-state index in [0.717, 1.165) is 30.0 Å². The average Bonchev–Trinajstić information content (AvgIpc) is 3.68. The van der Waals surface area contributed by atoms with Gasteiger partial charge in [0, 0.05) is 12.2 Å². The molecule has 3 aromatic rings. The van der Waals surface area contributed by atoms with Crippen molar-refractivity contribution in [3.05, 3.63) is 66.6 Å². The fourth-order valence-corrected chi connectivity index (χ4v) is 7.25. The van der Waals surface area contributed by atoms with Crippen molar-refractivity contribution in [2.45, 2.75) is 75.0 Å². The minimum atomic E-state index is -4.00. The first-order chi connectivity index (χ1) is 20.2. The smallest absolute Gasteiger partial charge is 0.272 e. The number of pyridine rings is 1. The molecule has 0 unspecified atom stereocenters. The molecule has 2 aliphatic rings. The first kappa shape index (κ1) is 29.5. The lowest BCUT2D eigenvalue weighted by Crippen LogP contribution is -2.53. The molecule has 1 aliphatic heterocycles. The third-order valence-corrected chi connectivity index (χ3v) is 9.92. The topological polar surface area (TPSA) is 156 Å². The minimum absolute atomic E-state index is 0.129. The Kier molecular flexibility index (Phi) is 9.07. The lowest BCUT2D eigenvalue weighted by molar-refractivity contribution is -0.129. The third kappa shape index (κ3) is 6.57. The Hall–Kier alpha value is -3.97. The van der Waals surface area contributed by atoms with E-state index in [1.54, 1.807) is 31.2 Å². The normalized spacial score (nSPS) is 21.0. The van der Waals surface area contributed by atoms with Crippen LogP contribution in [0.2, 0.25) is 0 Å². The highest BCUT2D eigenvalue weighted by Crippen LogP contribution is 2.29. The monoisotopic (exact) mass is 593 g/mol. The van der Waals surface area contributed by atoms with Gasteiger partial charge in [0.25, 0.3) is 15.9 Å². The van der Waals surface area contributed by atoms with Crippen molar-refractivity contribution < 1.29 is 22.8 Å². The van der Waals surface area contributed by atoms with E-state index in [1.165, 1.54) is 23.1 Å². The number of sulfonamides is 1. The zero-order valence-corrected chi connectivity index (χ0v) is 24.2. The summed E-state index contributed by atoms with van der Waals surface area (Å²) in [4.78, 5) is 44.3. The zero-order valence-electron chi connectivity index (χ0n) is 23.4. The van der Waals surface area contributed by atoms with Crippen LogP contribution in [0.15, 0.2) is 66.0 Å². The number of amides is 2. The van der Waals surface area contributed by atoms with Gasteiger partial charge in [-0.3, -0.25) is 14.4 Å². The number of rotatable bonds is 9. The number of aromatic nitrogens is 4. The van der Waals surface area contributed by atoms with Gasteiger partial charge in [0.1, 0.15) is 6.04 Å². The number of carbonyl (C=O) groups is 3. The quantitative estimate of drug-likeness (QED) is 0.383. The molecule has 3 atom stereocenters. The first-order valence-corrected chi connectivity index (χ1v) is 15.7. The number of hydrogen-bond donors (Lipinski definition) is 2. The van der Waals surface area contributed by atoms with Crippen LogP contribution in [-0.4, -0.2) is 75.0 Å². The largest absolute Gasteiger partial charge is 0.344 e. The summed E-state index contributed by atoms with van der Waals surface area (Å²) in [7, 11) is -4.00. The number of hydrogen-bond acceptors (Lipinski definition) is 8. The van der Waals surface area contributed by atoms with Gasteiger partial charge in [-0.2, -0.15) is 4.31 Å². The zero-order chi connectivity index (χ0) is 29.7. The molecule has 2 aromatic heterocycles. The predicted octanol–water partition coefficient (Wildman–Crippen LogP) is 2.27. The van der Waals surface area contributed by atoms with Gasteiger partial charge in [-0.05, 0) is 56.4 Å². The second-order valence-corrected chi connectivity index (χ2v) is 12.8. The summed E-state index contributed by atoms with van der Waals surface area (Å²) < 4.78 is 29.1. The molecule has 222 valence electrons. The molecule has 1 aromatic carbocycles. The molecule has 1 saturated heterocycles. The summed E-state index contributed by atoms with van der Waals surface area (Å²) in [6.45, 7) is 1.36. The molecule has 2 amide bonds. The van der Waals surface area contributed by atoms with Gasteiger partial charge in [-0.15, -0.1) is 5.10 Å². The lowest BCUT2D eigenvalue weighted by atomic mass is 9.97. The number of para-hydroxylation sites is 1. The van der Waals surface area contributed by atoms with Crippen LogP contribution in [0.4, 0.5) is 0 Å². The Morgan fingerprint density at radius 3 is 2.48 bits per heavy atom. The molecule has 5 rings (SSSR count). The molecule has 1 saturated carbocycles. The maximum Gasteiger partial charge on any atom is 0.272 e. The van der Waals surface area contributed by atoms with Crippen molar-refractivity contribution in [2.75, 3.05) is 6.54 Å². The number of ketones is 1. The van der Waals surface area contributed by atoms with Crippen LogP contribution in [0.1, 0.15) is 62.4 Å². The molecule has 0 spiro atoms. The van der Waals surface area contributed by atoms with E-state index in [0.29, 0.717) is 18.5 Å².